The number of aryl methyl sites for hydroxylation is 1. The number of amides is 1. The summed E-state index contributed by atoms with van der Waals surface area (Å²) in [7, 11) is 0. The third-order valence-corrected chi connectivity index (χ3v) is 5.79. The van der Waals surface area contributed by atoms with E-state index in [1.54, 1.807) is 6.20 Å². The van der Waals surface area contributed by atoms with Crippen LogP contribution in [0.2, 0.25) is 0 Å². The number of nitrogens with zero attached hydrogens (tertiary/aromatic N) is 1. The first-order chi connectivity index (χ1) is 11.5. The number of H-pyrrole nitrogens is 1. The number of nitrogens with one attached hydrogen (secondary N) is 2. The van der Waals surface area contributed by atoms with Crippen LogP contribution in [0.25, 0.3) is 0 Å². The fraction of sp³-hybridized carbons (Fsp3) is 0.438. The van der Waals surface area contributed by atoms with Crippen molar-refractivity contribution in [1.29, 1.82) is 0 Å². The van der Waals surface area contributed by atoms with E-state index in [0.29, 0.717) is 16.3 Å². The zero-order valence-corrected chi connectivity index (χ0v) is 16.4. The number of aromatic amines is 1. The number of halogens is 1. The van der Waals surface area contributed by atoms with Gasteiger partial charge in [-0.2, -0.15) is 5.10 Å². The second-order valence-corrected chi connectivity index (χ2v) is 8.18. The van der Waals surface area contributed by atoms with Gasteiger partial charge in [0.05, 0.1) is 21.4 Å². The minimum absolute atomic E-state index is 0.200. The van der Waals surface area contributed by atoms with Gasteiger partial charge in [-0.1, -0.05) is 0 Å². The maximum Gasteiger partial charge on any atom is 0.341 e. The summed E-state index contributed by atoms with van der Waals surface area (Å²) in [6.07, 6.45) is 5.35. The normalized spacial score (nSPS) is 13.7. The maximum atomic E-state index is 12.6. The third-order valence-electron chi connectivity index (χ3n) is 3.77. The third kappa shape index (κ3) is 3.49. The minimum atomic E-state index is -0.362. The topological polar surface area (TPSA) is 84.1 Å². The predicted octanol–water partition coefficient (Wildman–Crippen LogP) is 3.77. The summed E-state index contributed by atoms with van der Waals surface area (Å²) < 4.78 is 6.13. The Bertz CT molecular complexity index is 782. The molecular formula is C16H18IN3O3S. The molecule has 1 aliphatic carbocycles. The van der Waals surface area contributed by atoms with E-state index in [9.17, 15) is 9.59 Å². The van der Waals surface area contributed by atoms with Crippen molar-refractivity contribution in [1.82, 2.24) is 10.2 Å². The van der Waals surface area contributed by atoms with Crippen molar-refractivity contribution in [2.24, 2.45) is 0 Å². The zero-order valence-electron chi connectivity index (χ0n) is 13.4. The molecule has 0 unspecified atom stereocenters. The molecule has 2 aromatic rings. The lowest BCUT2D eigenvalue weighted by molar-refractivity contribution is 0.0378. The molecule has 24 heavy (non-hydrogen) atoms. The summed E-state index contributed by atoms with van der Waals surface area (Å²) in [6.45, 7) is 3.64. The minimum Gasteiger partial charge on any atom is -0.459 e. The average molecular weight is 459 g/mol. The molecule has 0 saturated carbocycles. The van der Waals surface area contributed by atoms with Gasteiger partial charge in [-0.05, 0) is 67.7 Å². The summed E-state index contributed by atoms with van der Waals surface area (Å²) in [5, 5.41) is 9.99. The quantitative estimate of drug-likeness (QED) is 0.539. The van der Waals surface area contributed by atoms with Crippen LogP contribution in [-0.2, 0) is 17.6 Å². The number of hydrogen-bond donors (Lipinski definition) is 2. The molecule has 1 amide bonds. The Kier molecular flexibility index (Phi) is 5.24. The van der Waals surface area contributed by atoms with Gasteiger partial charge in [-0.3, -0.25) is 9.89 Å². The zero-order chi connectivity index (χ0) is 17.3. The first-order valence-electron chi connectivity index (χ1n) is 7.83. The van der Waals surface area contributed by atoms with Crippen LogP contribution in [-0.4, -0.2) is 28.2 Å². The summed E-state index contributed by atoms with van der Waals surface area (Å²) >= 11 is 3.52. The Morgan fingerprint density at radius 2 is 2.12 bits per heavy atom. The van der Waals surface area contributed by atoms with E-state index in [4.69, 9.17) is 4.74 Å². The Balaban J connectivity index is 1.94. The monoisotopic (exact) mass is 459 g/mol. The van der Waals surface area contributed by atoms with Crippen LogP contribution in [0.4, 0.5) is 5.00 Å². The standard InChI is InChI=1S/C16H18IN3O3S/c1-8(2)23-16(22)12-9-5-3-4-6-11(9)24-15(12)19-14(21)13-10(17)7-18-20-13/h7-8H,3-6H2,1-2H3,(H,18,20)(H,19,21). The van der Waals surface area contributed by atoms with Crippen molar-refractivity contribution in [2.45, 2.75) is 45.6 Å². The van der Waals surface area contributed by atoms with Gasteiger partial charge in [0.15, 0.2) is 0 Å². The SMILES string of the molecule is CC(C)OC(=O)c1c(NC(=O)c2[nH]ncc2I)sc2c1CCCC2. The highest BCUT2D eigenvalue weighted by molar-refractivity contribution is 14.1. The summed E-state index contributed by atoms with van der Waals surface area (Å²) in [5.74, 6) is -0.659. The van der Waals surface area contributed by atoms with Gasteiger partial charge in [0, 0.05) is 4.88 Å². The fourth-order valence-electron chi connectivity index (χ4n) is 2.74. The second kappa shape index (κ2) is 7.22. The van der Waals surface area contributed by atoms with Gasteiger partial charge in [0.1, 0.15) is 10.7 Å². The van der Waals surface area contributed by atoms with E-state index in [1.165, 1.54) is 16.2 Å². The molecule has 2 heterocycles. The highest BCUT2D eigenvalue weighted by Crippen LogP contribution is 2.39. The highest BCUT2D eigenvalue weighted by atomic mass is 127. The van der Waals surface area contributed by atoms with Crippen molar-refractivity contribution in [3.63, 3.8) is 0 Å². The van der Waals surface area contributed by atoms with Gasteiger partial charge in [0.2, 0.25) is 0 Å². The molecule has 0 radical (unpaired) electrons. The largest absolute Gasteiger partial charge is 0.459 e. The Hall–Kier alpha value is -1.42. The number of ether oxygens (including phenoxy) is 1. The van der Waals surface area contributed by atoms with E-state index in [0.717, 1.165) is 34.8 Å². The second-order valence-electron chi connectivity index (χ2n) is 5.92. The Morgan fingerprint density at radius 3 is 2.79 bits per heavy atom. The van der Waals surface area contributed by atoms with Crippen LogP contribution in [0.1, 0.15) is 58.0 Å². The number of hydrogen-bond acceptors (Lipinski definition) is 5. The van der Waals surface area contributed by atoms with Gasteiger partial charge in [0.25, 0.3) is 5.91 Å². The molecule has 128 valence electrons. The number of aromatic nitrogens is 2. The summed E-state index contributed by atoms with van der Waals surface area (Å²) in [6, 6.07) is 0. The van der Waals surface area contributed by atoms with Gasteiger partial charge >= 0.3 is 5.97 Å². The molecule has 2 aromatic heterocycles. The maximum absolute atomic E-state index is 12.6. The first kappa shape index (κ1) is 17.4. The lowest BCUT2D eigenvalue weighted by Gasteiger charge is -2.14. The molecule has 0 aromatic carbocycles. The van der Waals surface area contributed by atoms with E-state index >= 15 is 0 Å². The number of thiophene rings is 1. The van der Waals surface area contributed by atoms with E-state index in [1.807, 2.05) is 36.4 Å². The molecule has 0 bridgehead atoms. The number of rotatable bonds is 4. The van der Waals surface area contributed by atoms with Gasteiger partial charge < -0.3 is 10.1 Å². The predicted molar refractivity (Wildman–Crippen MR) is 101 cm³/mol. The molecule has 1 aliphatic rings. The molecule has 3 rings (SSSR count). The Morgan fingerprint density at radius 1 is 1.38 bits per heavy atom. The number of anilines is 1. The van der Waals surface area contributed by atoms with Crippen LogP contribution >= 0.6 is 33.9 Å². The average Bonchev–Trinajstić information content (AvgIpc) is 3.09. The van der Waals surface area contributed by atoms with Crippen molar-refractivity contribution < 1.29 is 14.3 Å². The lowest BCUT2D eigenvalue weighted by Crippen LogP contribution is -2.18. The van der Waals surface area contributed by atoms with Gasteiger partial charge in [-0.15, -0.1) is 11.3 Å². The van der Waals surface area contributed by atoms with Crippen molar-refractivity contribution in [3.05, 3.63) is 31.5 Å². The van der Waals surface area contributed by atoms with E-state index in [2.05, 4.69) is 15.5 Å². The van der Waals surface area contributed by atoms with Crippen molar-refractivity contribution in [3.8, 4) is 0 Å². The smallest absolute Gasteiger partial charge is 0.341 e. The fourth-order valence-corrected chi connectivity index (χ4v) is 4.52. The molecule has 6 nitrogen and oxygen atoms in total. The molecule has 0 aliphatic heterocycles. The highest BCUT2D eigenvalue weighted by Gasteiger charge is 2.28. The van der Waals surface area contributed by atoms with Crippen LogP contribution in [0.5, 0.6) is 0 Å². The summed E-state index contributed by atoms with van der Waals surface area (Å²) in [4.78, 5) is 26.2. The van der Waals surface area contributed by atoms with Crippen molar-refractivity contribution >= 4 is 50.8 Å². The number of carbonyl (C=O) groups is 2. The molecule has 0 atom stereocenters. The van der Waals surface area contributed by atoms with Crippen LogP contribution < -0.4 is 5.32 Å². The number of carbonyl (C=O) groups excluding carboxylic acids is 2. The number of fused-ring (bicyclic) bond motifs is 1. The van der Waals surface area contributed by atoms with Crippen LogP contribution in [0.15, 0.2) is 6.20 Å². The molecule has 0 saturated heterocycles. The van der Waals surface area contributed by atoms with E-state index < -0.39 is 0 Å². The van der Waals surface area contributed by atoms with Gasteiger partial charge in [-0.25, -0.2) is 4.79 Å². The molecule has 0 fully saturated rings. The molecule has 8 heteroatoms. The van der Waals surface area contributed by atoms with E-state index in [-0.39, 0.29) is 18.0 Å². The molecular weight excluding hydrogens is 441 g/mol. The van der Waals surface area contributed by atoms with Crippen molar-refractivity contribution in [2.75, 3.05) is 5.32 Å². The molecule has 0 spiro atoms. The first-order valence-corrected chi connectivity index (χ1v) is 9.72. The summed E-state index contributed by atoms with van der Waals surface area (Å²) in [5.41, 5.74) is 1.95. The lowest BCUT2D eigenvalue weighted by atomic mass is 9.95. The van der Waals surface area contributed by atoms with Crippen LogP contribution in [0, 0.1) is 3.57 Å². The van der Waals surface area contributed by atoms with Crippen LogP contribution in [0.3, 0.4) is 0 Å². The Labute approximate surface area is 157 Å². The molecule has 2 N–H and O–H groups in total. The number of esters is 1.